The molecule has 2 heterocycles. The number of furan rings is 1. The van der Waals surface area contributed by atoms with Crippen LogP contribution in [0.15, 0.2) is 199 Å². The molecule has 3 heteroatoms. The number of anilines is 3. The Balaban J connectivity index is 1.06. The van der Waals surface area contributed by atoms with E-state index in [1.165, 1.54) is 54.5 Å². The Kier molecular flexibility index (Phi) is 6.55. The van der Waals surface area contributed by atoms with Crippen molar-refractivity contribution in [1.82, 2.24) is 4.57 Å². The maximum Gasteiger partial charge on any atom is 0.135 e. The van der Waals surface area contributed by atoms with Gasteiger partial charge in [0.25, 0.3) is 0 Å². The Labute approximate surface area is 306 Å². The van der Waals surface area contributed by atoms with Crippen molar-refractivity contribution in [3.8, 4) is 16.8 Å². The number of hydrogen-bond donors (Lipinski definition) is 0. The Morgan fingerprint density at radius 1 is 0.340 bits per heavy atom. The molecule has 0 saturated heterocycles. The highest BCUT2D eigenvalue weighted by Gasteiger charge is 2.18. The van der Waals surface area contributed by atoms with E-state index in [1.807, 2.05) is 12.1 Å². The standard InChI is InChI=1S/C50H32N2O/c1-3-12-35-28-40(23-20-33(35)10-1)51(41-24-21-34-11-2-4-13-36(34)29-41)39-15-9-14-37(30-39)38-22-26-48-45(31-38)43-16-5-7-18-47(43)52(48)42-25-27-50-46(32-42)44-17-6-8-19-49(44)53-50/h1-32H. The van der Waals surface area contributed by atoms with Crippen molar-refractivity contribution < 1.29 is 4.42 Å². The molecule has 0 fully saturated rings. The van der Waals surface area contributed by atoms with E-state index in [1.54, 1.807) is 0 Å². The Hall–Kier alpha value is -7.10. The van der Waals surface area contributed by atoms with Crippen LogP contribution in [-0.4, -0.2) is 4.57 Å². The molecule has 248 valence electrons. The number of aromatic nitrogens is 1. The Morgan fingerprint density at radius 3 is 1.72 bits per heavy atom. The van der Waals surface area contributed by atoms with Crippen molar-refractivity contribution in [3.63, 3.8) is 0 Å². The lowest BCUT2D eigenvalue weighted by molar-refractivity contribution is 0.669. The summed E-state index contributed by atoms with van der Waals surface area (Å²) in [5.74, 6) is 0. The van der Waals surface area contributed by atoms with Gasteiger partial charge in [-0.1, -0.05) is 115 Å². The topological polar surface area (TPSA) is 21.3 Å². The van der Waals surface area contributed by atoms with Crippen LogP contribution in [0, 0.1) is 0 Å². The van der Waals surface area contributed by atoms with Gasteiger partial charge in [-0.2, -0.15) is 0 Å². The van der Waals surface area contributed by atoms with Gasteiger partial charge in [0, 0.05) is 44.3 Å². The third-order valence-corrected chi connectivity index (χ3v) is 10.7. The lowest BCUT2D eigenvalue weighted by Crippen LogP contribution is -2.10. The summed E-state index contributed by atoms with van der Waals surface area (Å²) in [6.45, 7) is 0. The van der Waals surface area contributed by atoms with Crippen LogP contribution >= 0.6 is 0 Å². The second-order valence-electron chi connectivity index (χ2n) is 13.8. The lowest BCUT2D eigenvalue weighted by Gasteiger charge is -2.26. The van der Waals surface area contributed by atoms with Crippen molar-refractivity contribution >= 4 is 82.4 Å². The minimum Gasteiger partial charge on any atom is -0.456 e. The third kappa shape index (κ3) is 4.82. The van der Waals surface area contributed by atoms with Gasteiger partial charge in [0.2, 0.25) is 0 Å². The Bertz CT molecular complexity index is 3120. The van der Waals surface area contributed by atoms with Crippen LogP contribution in [0.25, 0.3) is 82.1 Å². The summed E-state index contributed by atoms with van der Waals surface area (Å²) < 4.78 is 8.55. The van der Waals surface area contributed by atoms with E-state index in [0.717, 1.165) is 44.7 Å². The molecule has 0 amide bonds. The molecule has 53 heavy (non-hydrogen) atoms. The summed E-state index contributed by atoms with van der Waals surface area (Å²) in [5.41, 5.74) is 11.0. The van der Waals surface area contributed by atoms with Crippen LogP contribution in [0.4, 0.5) is 17.1 Å². The average molecular weight is 677 g/mol. The van der Waals surface area contributed by atoms with Gasteiger partial charge in [0.1, 0.15) is 11.2 Å². The summed E-state index contributed by atoms with van der Waals surface area (Å²) in [6.07, 6.45) is 0. The molecule has 0 atom stereocenters. The second kappa shape index (κ2) is 11.7. The van der Waals surface area contributed by atoms with Gasteiger partial charge in [-0.25, -0.2) is 0 Å². The molecule has 0 radical (unpaired) electrons. The van der Waals surface area contributed by atoms with Crippen molar-refractivity contribution in [1.29, 1.82) is 0 Å². The molecule has 0 saturated carbocycles. The summed E-state index contributed by atoms with van der Waals surface area (Å²) in [6, 6.07) is 70.0. The first-order valence-electron chi connectivity index (χ1n) is 18.1. The minimum absolute atomic E-state index is 0.902. The van der Waals surface area contributed by atoms with Crippen molar-refractivity contribution in [2.75, 3.05) is 4.90 Å². The quantitative estimate of drug-likeness (QED) is 0.181. The lowest BCUT2D eigenvalue weighted by atomic mass is 10.0. The SMILES string of the molecule is c1cc(-c2ccc3c(c2)c2ccccc2n3-c2ccc3oc4ccccc4c3c2)cc(N(c2ccc3ccccc3c2)c2ccc3ccccc3c2)c1. The van der Waals surface area contributed by atoms with Gasteiger partial charge in [0.15, 0.2) is 0 Å². The van der Waals surface area contributed by atoms with Crippen LogP contribution in [0.3, 0.4) is 0 Å². The molecular weight excluding hydrogens is 645 g/mol. The summed E-state index contributed by atoms with van der Waals surface area (Å²) in [7, 11) is 0. The van der Waals surface area contributed by atoms with Crippen LogP contribution in [0.1, 0.15) is 0 Å². The number of rotatable bonds is 5. The molecule has 0 unspecified atom stereocenters. The fourth-order valence-electron chi connectivity index (χ4n) is 8.19. The van der Waals surface area contributed by atoms with Gasteiger partial charge in [-0.15, -0.1) is 0 Å². The van der Waals surface area contributed by atoms with Gasteiger partial charge in [0.05, 0.1) is 11.0 Å². The highest BCUT2D eigenvalue weighted by atomic mass is 16.3. The van der Waals surface area contributed by atoms with E-state index in [0.29, 0.717) is 0 Å². The molecule has 0 aliphatic rings. The van der Waals surface area contributed by atoms with E-state index in [-0.39, 0.29) is 0 Å². The summed E-state index contributed by atoms with van der Waals surface area (Å²) in [5, 5.41) is 9.60. The zero-order valence-corrected chi connectivity index (χ0v) is 28.8. The summed E-state index contributed by atoms with van der Waals surface area (Å²) in [4.78, 5) is 2.38. The van der Waals surface area contributed by atoms with Crippen molar-refractivity contribution in [3.05, 3.63) is 194 Å². The molecule has 0 aliphatic carbocycles. The van der Waals surface area contributed by atoms with Gasteiger partial charge in [-0.05, 0) is 112 Å². The van der Waals surface area contributed by atoms with Crippen LogP contribution < -0.4 is 4.90 Å². The van der Waals surface area contributed by atoms with E-state index >= 15 is 0 Å². The van der Waals surface area contributed by atoms with E-state index in [9.17, 15) is 0 Å². The fraction of sp³-hybridized carbons (Fsp3) is 0. The molecule has 0 aliphatic heterocycles. The van der Waals surface area contributed by atoms with Gasteiger partial charge < -0.3 is 13.9 Å². The molecule has 9 aromatic carbocycles. The third-order valence-electron chi connectivity index (χ3n) is 10.7. The zero-order valence-electron chi connectivity index (χ0n) is 28.8. The van der Waals surface area contributed by atoms with Gasteiger partial charge >= 0.3 is 0 Å². The van der Waals surface area contributed by atoms with Crippen molar-refractivity contribution in [2.24, 2.45) is 0 Å². The maximum absolute atomic E-state index is 6.17. The molecular formula is C50H32N2O. The second-order valence-corrected chi connectivity index (χ2v) is 13.8. The number of hydrogen-bond acceptors (Lipinski definition) is 2. The van der Waals surface area contributed by atoms with E-state index in [4.69, 9.17) is 4.42 Å². The zero-order chi connectivity index (χ0) is 34.9. The number of benzene rings is 9. The average Bonchev–Trinajstić information content (AvgIpc) is 3.76. The normalized spacial score (nSPS) is 11.8. The largest absolute Gasteiger partial charge is 0.456 e. The van der Waals surface area contributed by atoms with Gasteiger partial charge in [-0.3, -0.25) is 0 Å². The Morgan fingerprint density at radius 2 is 0.943 bits per heavy atom. The number of fused-ring (bicyclic) bond motifs is 8. The predicted molar refractivity (Wildman–Crippen MR) is 223 cm³/mol. The summed E-state index contributed by atoms with van der Waals surface area (Å²) >= 11 is 0. The number of nitrogens with zero attached hydrogens (tertiary/aromatic N) is 2. The van der Waals surface area contributed by atoms with Crippen molar-refractivity contribution in [2.45, 2.75) is 0 Å². The molecule has 2 aromatic heterocycles. The maximum atomic E-state index is 6.17. The predicted octanol–water partition coefficient (Wildman–Crippen LogP) is 14.1. The smallest absolute Gasteiger partial charge is 0.135 e. The molecule has 3 nitrogen and oxygen atoms in total. The van der Waals surface area contributed by atoms with E-state index in [2.05, 4.69) is 191 Å². The highest BCUT2D eigenvalue weighted by Crippen LogP contribution is 2.41. The fourth-order valence-corrected chi connectivity index (χ4v) is 8.19. The first-order chi connectivity index (χ1) is 26.2. The van der Waals surface area contributed by atoms with Crippen LogP contribution in [0.2, 0.25) is 0 Å². The van der Waals surface area contributed by atoms with Crippen LogP contribution in [-0.2, 0) is 0 Å². The molecule has 0 N–H and O–H groups in total. The van der Waals surface area contributed by atoms with Crippen LogP contribution in [0.5, 0.6) is 0 Å². The first-order valence-corrected chi connectivity index (χ1v) is 18.1. The number of para-hydroxylation sites is 2. The molecule has 0 spiro atoms. The highest BCUT2D eigenvalue weighted by molar-refractivity contribution is 6.11. The first kappa shape index (κ1) is 29.6. The monoisotopic (exact) mass is 676 g/mol. The molecule has 11 aromatic rings. The van der Waals surface area contributed by atoms with E-state index < -0.39 is 0 Å². The minimum atomic E-state index is 0.902. The molecule has 11 rings (SSSR count). The molecule has 0 bridgehead atoms.